The van der Waals surface area contributed by atoms with E-state index >= 15 is 4.39 Å². The molecule has 0 spiro atoms. The van der Waals surface area contributed by atoms with E-state index in [0.29, 0.717) is 40.4 Å². The Bertz CT molecular complexity index is 2130. The Balaban J connectivity index is 1.52. The third-order valence-corrected chi connectivity index (χ3v) is 9.01. The van der Waals surface area contributed by atoms with Crippen LogP contribution >= 0.6 is 11.3 Å². The molecule has 1 N–H and O–H groups in total. The zero-order valence-electron chi connectivity index (χ0n) is 24.5. The summed E-state index contributed by atoms with van der Waals surface area (Å²) in [5, 5.41) is 22.5. The predicted molar refractivity (Wildman–Crippen MR) is 169 cm³/mol. The molecule has 0 aliphatic carbocycles. The van der Waals surface area contributed by atoms with Gasteiger partial charge in [0.15, 0.2) is 0 Å². The third-order valence-electron chi connectivity index (χ3n) is 8.08. The van der Waals surface area contributed by atoms with E-state index in [0.717, 1.165) is 39.7 Å². The second-order valence-corrected chi connectivity index (χ2v) is 11.8. The SMILES string of the molecule is C=CC(=O)N1CCn2nc(-c3nc(-c4ccc5nn(C)cc5c4)c4ccsc4c3-c3c(F)cc(F)cc3OCCO)cc2[C@H]1C. The number of ether oxygens (including phenoxy) is 1. The Labute approximate surface area is 260 Å². The number of aliphatic hydroxyl groups excluding tert-OH is 1. The average molecular weight is 627 g/mol. The molecule has 0 unspecified atom stereocenters. The van der Waals surface area contributed by atoms with Crippen molar-refractivity contribution < 1.29 is 23.4 Å². The highest BCUT2D eigenvalue weighted by Crippen LogP contribution is 2.47. The summed E-state index contributed by atoms with van der Waals surface area (Å²) in [5.74, 6) is -1.86. The number of hydrogen-bond donors (Lipinski definition) is 1. The molecule has 7 rings (SSSR count). The van der Waals surface area contributed by atoms with E-state index in [-0.39, 0.29) is 36.5 Å². The average Bonchev–Trinajstić information content (AvgIpc) is 3.77. The van der Waals surface area contributed by atoms with Gasteiger partial charge in [0.1, 0.15) is 35.4 Å². The molecule has 1 aliphatic rings. The fourth-order valence-corrected chi connectivity index (χ4v) is 7.01. The number of hydrogen-bond acceptors (Lipinski definition) is 7. The predicted octanol–water partition coefficient (Wildman–Crippen LogP) is 6.12. The van der Waals surface area contributed by atoms with Crippen LogP contribution in [-0.2, 0) is 18.4 Å². The zero-order chi connectivity index (χ0) is 31.4. The van der Waals surface area contributed by atoms with Gasteiger partial charge in [0.25, 0.3) is 0 Å². The standard InChI is InChI=1S/C33H28F2N6O3S/c1-4-28(43)40-8-9-41-26(18(40)2)16-25(38-41)32-30(29-23(35)14-21(34)15-27(29)44-11-10-42)33-22(7-12-45-33)31(36-32)19-5-6-24-20(13-19)17-39(3)37-24/h4-7,12-18,42H,1,8-11H2,2-3H3/t18-/m1/s1. The smallest absolute Gasteiger partial charge is 0.246 e. The Morgan fingerprint density at radius 2 is 1.98 bits per heavy atom. The van der Waals surface area contributed by atoms with E-state index in [4.69, 9.17) is 14.8 Å². The molecule has 228 valence electrons. The van der Waals surface area contributed by atoms with Crippen LogP contribution in [0.25, 0.3) is 54.8 Å². The first kappa shape index (κ1) is 28.8. The van der Waals surface area contributed by atoms with Gasteiger partial charge in [0.2, 0.25) is 5.91 Å². The van der Waals surface area contributed by atoms with Crippen LogP contribution in [-0.4, -0.2) is 60.2 Å². The molecule has 5 heterocycles. The number of fused-ring (bicyclic) bond motifs is 3. The van der Waals surface area contributed by atoms with E-state index in [1.807, 2.05) is 60.6 Å². The number of benzene rings is 2. The maximum absolute atomic E-state index is 15.9. The molecule has 1 atom stereocenters. The summed E-state index contributed by atoms with van der Waals surface area (Å²) in [6.45, 7) is 5.97. The highest BCUT2D eigenvalue weighted by molar-refractivity contribution is 7.18. The molecule has 0 saturated heterocycles. The molecule has 6 aromatic rings. The molecule has 1 amide bonds. The summed E-state index contributed by atoms with van der Waals surface area (Å²) < 4.78 is 40.4. The Morgan fingerprint density at radius 3 is 2.78 bits per heavy atom. The lowest BCUT2D eigenvalue weighted by Crippen LogP contribution is -2.40. The van der Waals surface area contributed by atoms with E-state index in [1.165, 1.54) is 17.4 Å². The van der Waals surface area contributed by atoms with Gasteiger partial charge in [-0.15, -0.1) is 11.3 Å². The quantitative estimate of drug-likeness (QED) is 0.215. The third kappa shape index (κ3) is 4.86. The molecule has 0 fully saturated rings. The number of carbonyl (C=O) groups excluding carboxylic acids is 1. The number of amides is 1. The minimum Gasteiger partial charge on any atom is -0.490 e. The number of aliphatic hydroxyl groups is 1. The van der Waals surface area contributed by atoms with E-state index in [9.17, 15) is 14.3 Å². The molecule has 2 aromatic carbocycles. The lowest BCUT2D eigenvalue weighted by atomic mass is 9.96. The maximum Gasteiger partial charge on any atom is 0.246 e. The first-order valence-electron chi connectivity index (χ1n) is 14.4. The summed E-state index contributed by atoms with van der Waals surface area (Å²) in [5.41, 5.74) is 4.40. The van der Waals surface area contributed by atoms with Crippen LogP contribution in [0.4, 0.5) is 8.78 Å². The summed E-state index contributed by atoms with van der Waals surface area (Å²) >= 11 is 1.40. The van der Waals surface area contributed by atoms with E-state index in [2.05, 4.69) is 11.7 Å². The Hall–Kier alpha value is -4.94. The lowest BCUT2D eigenvalue weighted by molar-refractivity contribution is -0.129. The summed E-state index contributed by atoms with van der Waals surface area (Å²) in [7, 11) is 1.86. The molecular formula is C33H28F2N6O3S. The van der Waals surface area contributed by atoms with Crippen LogP contribution in [0.2, 0.25) is 0 Å². The number of pyridine rings is 1. The van der Waals surface area contributed by atoms with Crippen molar-refractivity contribution in [1.82, 2.24) is 29.4 Å². The molecular weight excluding hydrogens is 598 g/mol. The first-order valence-corrected chi connectivity index (χ1v) is 15.2. The van der Waals surface area contributed by atoms with Gasteiger partial charge in [-0.3, -0.25) is 14.2 Å². The van der Waals surface area contributed by atoms with E-state index < -0.39 is 11.6 Å². The number of aromatic nitrogens is 5. The second-order valence-electron chi connectivity index (χ2n) is 10.8. The number of carbonyl (C=O) groups is 1. The fraction of sp³-hybridized carbons (Fsp3) is 0.212. The number of thiophene rings is 1. The topological polar surface area (TPSA) is 98.3 Å². The summed E-state index contributed by atoms with van der Waals surface area (Å²) in [4.78, 5) is 19.5. The maximum atomic E-state index is 15.9. The molecule has 0 bridgehead atoms. The van der Waals surface area contributed by atoms with Crippen LogP contribution < -0.4 is 4.74 Å². The highest BCUT2D eigenvalue weighted by Gasteiger charge is 2.31. The summed E-state index contributed by atoms with van der Waals surface area (Å²) in [6, 6.07) is 11.3. The minimum atomic E-state index is -0.828. The molecule has 0 radical (unpaired) electrons. The van der Waals surface area contributed by atoms with Crippen LogP contribution in [0.3, 0.4) is 0 Å². The largest absolute Gasteiger partial charge is 0.490 e. The van der Waals surface area contributed by atoms with Crippen molar-refractivity contribution in [2.24, 2.45) is 7.05 Å². The van der Waals surface area contributed by atoms with Crippen molar-refractivity contribution in [3.8, 4) is 39.5 Å². The molecule has 0 saturated carbocycles. The first-order chi connectivity index (χ1) is 21.8. The minimum absolute atomic E-state index is 0.0246. The van der Waals surface area contributed by atoms with Gasteiger partial charge in [-0.25, -0.2) is 13.8 Å². The van der Waals surface area contributed by atoms with Crippen LogP contribution in [0.1, 0.15) is 18.7 Å². The van der Waals surface area contributed by atoms with Gasteiger partial charge in [0, 0.05) is 58.5 Å². The van der Waals surface area contributed by atoms with E-state index in [1.54, 1.807) is 9.58 Å². The molecule has 12 heteroatoms. The van der Waals surface area contributed by atoms with Gasteiger partial charge in [-0.05, 0) is 42.6 Å². The second kappa shape index (κ2) is 11.2. The molecule has 1 aliphatic heterocycles. The number of halogens is 2. The van der Waals surface area contributed by atoms with Crippen molar-refractivity contribution >= 4 is 38.2 Å². The van der Waals surface area contributed by atoms with Crippen molar-refractivity contribution in [1.29, 1.82) is 0 Å². The van der Waals surface area contributed by atoms with Crippen molar-refractivity contribution in [3.63, 3.8) is 0 Å². The van der Waals surface area contributed by atoms with Gasteiger partial charge >= 0.3 is 0 Å². The van der Waals surface area contributed by atoms with Gasteiger partial charge in [0.05, 0.1) is 41.7 Å². The molecule has 4 aromatic heterocycles. The molecule has 9 nitrogen and oxygen atoms in total. The van der Waals surface area contributed by atoms with Gasteiger partial charge in [-0.1, -0.05) is 12.6 Å². The van der Waals surface area contributed by atoms with Gasteiger partial charge in [-0.2, -0.15) is 10.2 Å². The molecule has 45 heavy (non-hydrogen) atoms. The highest BCUT2D eigenvalue weighted by atomic mass is 32.1. The van der Waals surface area contributed by atoms with Gasteiger partial charge < -0.3 is 14.7 Å². The normalized spacial score (nSPS) is 14.7. The van der Waals surface area contributed by atoms with Crippen LogP contribution in [0, 0.1) is 11.6 Å². The Kier molecular flexibility index (Phi) is 7.17. The van der Waals surface area contributed by atoms with Crippen molar-refractivity contribution in [2.45, 2.75) is 19.5 Å². The van der Waals surface area contributed by atoms with Crippen molar-refractivity contribution in [2.75, 3.05) is 19.8 Å². The number of nitrogens with zero attached hydrogens (tertiary/aromatic N) is 6. The lowest BCUT2D eigenvalue weighted by Gasteiger charge is -2.33. The van der Waals surface area contributed by atoms with Crippen molar-refractivity contribution in [3.05, 3.63) is 84.0 Å². The van der Waals surface area contributed by atoms with Crippen LogP contribution in [0.5, 0.6) is 5.75 Å². The number of rotatable bonds is 7. The Morgan fingerprint density at radius 1 is 1.13 bits per heavy atom. The van der Waals surface area contributed by atoms with Crippen LogP contribution in [0.15, 0.2) is 66.7 Å². The fourth-order valence-electron chi connectivity index (χ4n) is 6.06. The zero-order valence-corrected chi connectivity index (χ0v) is 25.3. The monoisotopic (exact) mass is 626 g/mol. The summed E-state index contributed by atoms with van der Waals surface area (Å²) in [6.07, 6.45) is 3.23. The number of aryl methyl sites for hydroxylation is 1.